The smallest absolute Gasteiger partial charge is 0.248 e. The number of piperidine rings is 1. The van der Waals surface area contributed by atoms with Gasteiger partial charge in [0.2, 0.25) is 5.91 Å². The molecule has 2 saturated heterocycles. The van der Waals surface area contributed by atoms with Gasteiger partial charge < -0.3 is 15.4 Å². The molecule has 1 aromatic heterocycles. The second-order valence-electron chi connectivity index (χ2n) is 6.52. The van der Waals surface area contributed by atoms with E-state index in [1.807, 2.05) is 16.9 Å². The van der Waals surface area contributed by atoms with E-state index in [1.54, 1.807) is 6.20 Å². The Morgan fingerprint density at radius 1 is 1.39 bits per heavy atom. The second-order valence-corrected chi connectivity index (χ2v) is 6.52. The van der Waals surface area contributed by atoms with E-state index < -0.39 is 5.54 Å². The number of hydrogen-bond acceptors (Lipinski definition) is 5. The molecule has 2 fully saturated rings. The number of carbonyl (C=O) groups excluding carboxylic acids is 1. The number of morpholine rings is 1. The van der Waals surface area contributed by atoms with Crippen LogP contribution in [0.4, 0.5) is 0 Å². The van der Waals surface area contributed by atoms with Gasteiger partial charge in [0.15, 0.2) is 0 Å². The molecule has 1 amide bonds. The van der Waals surface area contributed by atoms with E-state index in [2.05, 4.69) is 27.6 Å². The van der Waals surface area contributed by atoms with Gasteiger partial charge in [-0.3, -0.25) is 14.4 Å². The Balaban J connectivity index is 1.64. The normalized spacial score (nSPS) is 23.3. The zero-order valence-corrected chi connectivity index (χ0v) is 13.8. The van der Waals surface area contributed by atoms with Crippen molar-refractivity contribution in [2.45, 2.75) is 31.3 Å². The van der Waals surface area contributed by atoms with E-state index in [4.69, 9.17) is 4.74 Å². The lowest BCUT2D eigenvalue weighted by Gasteiger charge is -2.38. The largest absolute Gasteiger partial charge is 0.379 e. The van der Waals surface area contributed by atoms with Gasteiger partial charge in [-0.05, 0) is 38.9 Å². The van der Waals surface area contributed by atoms with Gasteiger partial charge in [-0.1, -0.05) is 0 Å². The van der Waals surface area contributed by atoms with Gasteiger partial charge in [0.1, 0.15) is 5.54 Å². The van der Waals surface area contributed by atoms with Crippen molar-refractivity contribution in [2.24, 2.45) is 0 Å². The molecule has 0 aromatic carbocycles. The maximum absolute atomic E-state index is 13.0. The average Bonchev–Trinajstić information content (AvgIpc) is 3.11. The lowest BCUT2D eigenvalue weighted by atomic mass is 9.87. The van der Waals surface area contributed by atoms with Crippen LogP contribution in [-0.2, 0) is 15.1 Å². The molecule has 1 unspecified atom stereocenters. The third-order valence-corrected chi connectivity index (χ3v) is 4.81. The van der Waals surface area contributed by atoms with E-state index in [1.165, 1.54) is 0 Å². The third-order valence-electron chi connectivity index (χ3n) is 4.81. The topological polar surface area (TPSA) is 71.4 Å². The summed E-state index contributed by atoms with van der Waals surface area (Å²) < 4.78 is 7.21. The molecule has 3 rings (SSSR count). The Morgan fingerprint density at radius 2 is 2.13 bits per heavy atom. The van der Waals surface area contributed by atoms with Crippen LogP contribution in [-0.4, -0.2) is 72.6 Å². The minimum Gasteiger partial charge on any atom is -0.379 e. The Labute approximate surface area is 137 Å². The number of rotatable bonds is 5. The van der Waals surface area contributed by atoms with Crippen molar-refractivity contribution >= 4 is 5.91 Å². The zero-order chi connectivity index (χ0) is 16.1. The second kappa shape index (κ2) is 7.42. The van der Waals surface area contributed by atoms with Crippen molar-refractivity contribution in [3.63, 3.8) is 0 Å². The molecule has 0 saturated carbocycles. The van der Waals surface area contributed by atoms with Gasteiger partial charge in [-0.15, -0.1) is 0 Å². The molecule has 1 aromatic rings. The first-order valence-electron chi connectivity index (χ1n) is 8.53. The number of nitrogens with one attached hydrogen (secondary N) is 2. The molecular formula is C16H27N5O2. The van der Waals surface area contributed by atoms with Gasteiger partial charge >= 0.3 is 0 Å². The Morgan fingerprint density at radius 3 is 2.78 bits per heavy atom. The van der Waals surface area contributed by atoms with Gasteiger partial charge in [-0.2, -0.15) is 5.10 Å². The van der Waals surface area contributed by atoms with Crippen LogP contribution >= 0.6 is 0 Å². The molecule has 0 spiro atoms. The molecule has 0 bridgehead atoms. The van der Waals surface area contributed by atoms with Crippen LogP contribution in [0.2, 0.25) is 0 Å². The van der Waals surface area contributed by atoms with E-state index >= 15 is 0 Å². The lowest BCUT2D eigenvalue weighted by Crippen LogP contribution is -2.57. The molecule has 0 aliphatic carbocycles. The zero-order valence-electron chi connectivity index (χ0n) is 13.8. The Hall–Kier alpha value is -1.44. The molecule has 2 aliphatic heterocycles. The van der Waals surface area contributed by atoms with E-state index in [9.17, 15) is 4.79 Å². The standard InChI is InChI=1S/C16H27N5O2/c1-14(13-20-9-11-23-12-10-20)19-15(22)16(3-6-17-7-4-16)21-8-2-5-18-21/h2,5,8,14,17H,3-4,6-7,9-13H2,1H3,(H,19,22). The highest BCUT2D eigenvalue weighted by atomic mass is 16.5. The minimum absolute atomic E-state index is 0.0865. The first-order chi connectivity index (χ1) is 11.2. The summed E-state index contributed by atoms with van der Waals surface area (Å²) >= 11 is 0. The lowest BCUT2D eigenvalue weighted by molar-refractivity contribution is -0.132. The average molecular weight is 321 g/mol. The van der Waals surface area contributed by atoms with Crippen LogP contribution in [0.1, 0.15) is 19.8 Å². The summed E-state index contributed by atoms with van der Waals surface area (Å²) in [5, 5.41) is 10.9. The highest BCUT2D eigenvalue weighted by molar-refractivity contribution is 5.84. The number of hydrogen-bond donors (Lipinski definition) is 2. The van der Waals surface area contributed by atoms with Gasteiger partial charge in [0.05, 0.1) is 13.2 Å². The monoisotopic (exact) mass is 321 g/mol. The van der Waals surface area contributed by atoms with Crippen LogP contribution in [0.15, 0.2) is 18.5 Å². The van der Waals surface area contributed by atoms with Crippen molar-refractivity contribution in [1.82, 2.24) is 25.3 Å². The van der Waals surface area contributed by atoms with Crippen molar-refractivity contribution in [1.29, 1.82) is 0 Å². The van der Waals surface area contributed by atoms with Crippen LogP contribution in [0.25, 0.3) is 0 Å². The Kier molecular flexibility index (Phi) is 5.30. The third kappa shape index (κ3) is 3.73. The SMILES string of the molecule is CC(CN1CCOCC1)NC(=O)C1(n2cccn2)CCNCC1. The molecule has 128 valence electrons. The summed E-state index contributed by atoms with van der Waals surface area (Å²) in [4.78, 5) is 15.4. The first-order valence-corrected chi connectivity index (χ1v) is 8.53. The fourth-order valence-corrected chi connectivity index (χ4v) is 3.50. The first kappa shape index (κ1) is 16.4. The summed E-state index contributed by atoms with van der Waals surface area (Å²) in [6, 6.07) is 2.00. The maximum Gasteiger partial charge on any atom is 0.248 e. The minimum atomic E-state index is -0.561. The van der Waals surface area contributed by atoms with Crippen molar-refractivity contribution in [3.8, 4) is 0 Å². The van der Waals surface area contributed by atoms with Crippen molar-refractivity contribution in [2.75, 3.05) is 45.9 Å². The highest BCUT2D eigenvalue weighted by Crippen LogP contribution is 2.27. The molecule has 2 N–H and O–H groups in total. The number of amides is 1. The van der Waals surface area contributed by atoms with Crippen LogP contribution in [0.3, 0.4) is 0 Å². The fraction of sp³-hybridized carbons (Fsp3) is 0.750. The molecule has 2 aliphatic rings. The summed E-state index contributed by atoms with van der Waals surface area (Å²) in [5.74, 6) is 0.0865. The van der Waals surface area contributed by atoms with E-state index in [0.29, 0.717) is 0 Å². The molecule has 7 heteroatoms. The predicted molar refractivity (Wildman–Crippen MR) is 87.2 cm³/mol. The number of carbonyl (C=O) groups is 1. The summed E-state index contributed by atoms with van der Waals surface area (Å²) in [7, 11) is 0. The maximum atomic E-state index is 13.0. The Bertz CT molecular complexity index is 493. The molecule has 7 nitrogen and oxygen atoms in total. The number of ether oxygens (including phenoxy) is 1. The van der Waals surface area contributed by atoms with Crippen LogP contribution in [0.5, 0.6) is 0 Å². The number of aromatic nitrogens is 2. The fourth-order valence-electron chi connectivity index (χ4n) is 3.50. The molecule has 0 radical (unpaired) electrons. The van der Waals surface area contributed by atoms with E-state index in [0.717, 1.165) is 58.8 Å². The summed E-state index contributed by atoms with van der Waals surface area (Å²) in [5.41, 5.74) is -0.561. The quantitative estimate of drug-likeness (QED) is 0.786. The van der Waals surface area contributed by atoms with Crippen molar-refractivity contribution in [3.05, 3.63) is 18.5 Å². The molecular weight excluding hydrogens is 294 g/mol. The molecule has 3 heterocycles. The van der Waals surface area contributed by atoms with E-state index in [-0.39, 0.29) is 11.9 Å². The van der Waals surface area contributed by atoms with Crippen LogP contribution in [0, 0.1) is 0 Å². The van der Waals surface area contributed by atoms with Gasteiger partial charge in [0, 0.05) is 38.1 Å². The van der Waals surface area contributed by atoms with Crippen molar-refractivity contribution < 1.29 is 9.53 Å². The van der Waals surface area contributed by atoms with Gasteiger partial charge in [-0.25, -0.2) is 0 Å². The molecule has 1 atom stereocenters. The number of nitrogens with zero attached hydrogens (tertiary/aromatic N) is 3. The van der Waals surface area contributed by atoms with Gasteiger partial charge in [0.25, 0.3) is 0 Å². The van der Waals surface area contributed by atoms with Crippen LogP contribution < -0.4 is 10.6 Å². The predicted octanol–water partition coefficient (Wildman–Crippen LogP) is -0.201. The summed E-state index contributed by atoms with van der Waals surface area (Å²) in [6.45, 7) is 8.06. The molecule has 23 heavy (non-hydrogen) atoms. The highest BCUT2D eigenvalue weighted by Gasteiger charge is 2.42. The summed E-state index contributed by atoms with van der Waals surface area (Å²) in [6.07, 6.45) is 5.18.